The Balaban J connectivity index is 1.64. The van der Waals surface area contributed by atoms with Crippen LogP contribution in [0.25, 0.3) is 0 Å². The lowest BCUT2D eigenvalue weighted by molar-refractivity contribution is -0.124. The average Bonchev–Trinajstić information content (AvgIpc) is 2.95. The lowest BCUT2D eigenvalue weighted by Crippen LogP contribution is -2.45. The molecule has 1 aromatic heterocycles. The van der Waals surface area contributed by atoms with Gasteiger partial charge < -0.3 is 11.1 Å². The minimum Gasteiger partial charge on any atom is -0.374 e. The normalized spacial score (nSPS) is 21.8. The number of carbonyl (C=O) groups excluding carboxylic acids is 1. The van der Waals surface area contributed by atoms with E-state index >= 15 is 0 Å². The minimum absolute atomic E-state index is 0.00683. The van der Waals surface area contributed by atoms with Gasteiger partial charge >= 0.3 is 0 Å². The molecule has 94 valence electrons. The Labute approximate surface area is 116 Å². The van der Waals surface area contributed by atoms with Gasteiger partial charge in [-0.2, -0.15) is 0 Å². The van der Waals surface area contributed by atoms with Crippen molar-refractivity contribution in [2.75, 3.05) is 11.5 Å². The number of thioether (sulfide) groups is 2. The molecule has 0 bridgehead atoms. The summed E-state index contributed by atoms with van der Waals surface area (Å²) in [6.07, 6.45) is 3.40. The zero-order valence-corrected chi connectivity index (χ0v) is 11.5. The van der Waals surface area contributed by atoms with E-state index in [4.69, 9.17) is 5.73 Å². The van der Waals surface area contributed by atoms with Gasteiger partial charge in [0, 0.05) is 23.7 Å². The van der Waals surface area contributed by atoms with E-state index in [0.717, 1.165) is 10.0 Å². The van der Waals surface area contributed by atoms with E-state index in [0.29, 0.717) is 10.9 Å². The second kappa shape index (κ2) is 4.82. The molecule has 0 fully saturated rings. The maximum Gasteiger partial charge on any atom is 0.254 e. The standard InChI is InChI=1S/C9H9N5OS3/c10-7-12-13-9(18-7)17-4-5-3-6(15)14-1-2-16-8(14)11-5/h1-3,8,11H,4H2,(H2,10,12)/t8-/m0/s1. The molecule has 9 heteroatoms. The fourth-order valence-corrected chi connectivity index (χ4v) is 3.97. The number of fused-ring (bicyclic) bond motifs is 1. The smallest absolute Gasteiger partial charge is 0.254 e. The summed E-state index contributed by atoms with van der Waals surface area (Å²) in [5.74, 6) is 0.665. The zero-order chi connectivity index (χ0) is 12.5. The summed E-state index contributed by atoms with van der Waals surface area (Å²) >= 11 is 4.44. The van der Waals surface area contributed by atoms with Crippen LogP contribution in [0.15, 0.2) is 27.7 Å². The monoisotopic (exact) mass is 299 g/mol. The predicted octanol–water partition coefficient (Wildman–Crippen LogP) is 1.03. The first-order chi connectivity index (χ1) is 8.72. The molecule has 2 aliphatic heterocycles. The molecule has 6 nitrogen and oxygen atoms in total. The van der Waals surface area contributed by atoms with Crippen molar-refractivity contribution in [2.24, 2.45) is 0 Å². The van der Waals surface area contributed by atoms with E-state index < -0.39 is 0 Å². The molecule has 3 heterocycles. The van der Waals surface area contributed by atoms with Crippen LogP contribution in [0.4, 0.5) is 5.13 Å². The van der Waals surface area contributed by atoms with Crippen LogP contribution in [0.1, 0.15) is 0 Å². The number of amides is 1. The van der Waals surface area contributed by atoms with Crippen molar-refractivity contribution in [3.05, 3.63) is 23.4 Å². The van der Waals surface area contributed by atoms with Crippen molar-refractivity contribution in [2.45, 2.75) is 9.84 Å². The number of nitrogens with zero attached hydrogens (tertiary/aromatic N) is 3. The van der Waals surface area contributed by atoms with E-state index in [-0.39, 0.29) is 11.4 Å². The Hall–Kier alpha value is -1.19. The maximum absolute atomic E-state index is 11.8. The first-order valence-corrected chi connectivity index (χ1v) is 7.80. The summed E-state index contributed by atoms with van der Waals surface area (Å²) in [4.78, 5) is 13.5. The molecule has 18 heavy (non-hydrogen) atoms. The topological polar surface area (TPSA) is 84.1 Å². The number of rotatable bonds is 3. The van der Waals surface area contributed by atoms with Crippen molar-refractivity contribution < 1.29 is 4.79 Å². The maximum atomic E-state index is 11.8. The Kier molecular flexibility index (Phi) is 3.18. The van der Waals surface area contributed by atoms with Crippen molar-refractivity contribution in [3.63, 3.8) is 0 Å². The second-order valence-corrected chi connectivity index (χ2v) is 6.75. The quantitative estimate of drug-likeness (QED) is 0.806. The summed E-state index contributed by atoms with van der Waals surface area (Å²) in [5.41, 5.74) is 6.39. The van der Waals surface area contributed by atoms with Gasteiger partial charge in [0.2, 0.25) is 5.13 Å². The van der Waals surface area contributed by atoms with E-state index in [9.17, 15) is 4.79 Å². The average molecular weight is 299 g/mol. The van der Waals surface area contributed by atoms with Crippen LogP contribution in [-0.2, 0) is 4.79 Å². The molecular formula is C9H9N5OS3. The summed E-state index contributed by atoms with van der Waals surface area (Å²) in [7, 11) is 0. The van der Waals surface area contributed by atoms with Gasteiger partial charge in [-0.1, -0.05) is 34.9 Å². The molecule has 0 spiro atoms. The summed E-state index contributed by atoms with van der Waals surface area (Å²) in [6, 6.07) is 0. The largest absolute Gasteiger partial charge is 0.374 e. The summed E-state index contributed by atoms with van der Waals surface area (Å²) in [5, 5.41) is 13.3. The lowest BCUT2D eigenvalue weighted by Gasteiger charge is -2.29. The Bertz CT molecular complexity index is 540. The van der Waals surface area contributed by atoms with E-state index in [1.54, 1.807) is 28.9 Å². The molecule has 0 saturated carbocycles. The highest BCUT2D eigenvalue weighted by molar-refractivity contribution is 8.03. The van der Waals surface area contributed by atoms with Gasteiger partial charge in [-0.3, -0.25) is 9.69 Å². The molecule has 0 aliphatic carbocycles. The SMILES string of the molecule is Nc1nnc(SCC2=CC(=O)N3C=CS[C@H]3N2)s1. The molecule has 3 rings (SSSR count). The number of hydrogen-bond acceptors (Lipinski definition) is 8. The first kappa shape index (κ1) is 11.9. The second-order valence-electron chi connectivity index (χ2n) is 3.53. The van der Waals surface area contributed by atoms with Crippen LogP contribution in [0, 0.1) is 0 Å². The highest BCUT2D eigenvalue weighted by Gasteiger charge is 2.29. The summed E-state index contributed by atoms with van der Waals surface area (Å²) in [6.45, 7) is 0. The van der Waals surface area contributed by atoms with Crippen molar-refractivity contribution in [1.82, 2.24) is 20.4 Å². The Morgan fingerprint density at radius 3 is 3.22 bits per heavy atom. The molecule has 3 N–H and O–H groups in total. The Morgan fingerprint density at radius 1 is 1.56 bits per heavy atom. The van der Waals surface area contributed by atoms with Gasteiger partial charge in [-0.15, -0.1) is 10.2 Å². The third-order valence-electron chi connectivity index (χ3n) is 2.32. The zero-order valence-electron chi connectivity index (χ0n) is 9.07. The van der Waals surface area contributed by atoms with Crippen molar-refractivity contribution >= 4 is 45.9 Å². The number of carbonyl (C=O) groups is 1. The summed E-state index contributed by atoms with van der Waals surface area (Å²) < 4.78 is 0.808. The predicted molar refractivity (Wildman–Crippen MR) is 73.6 cm³/mol. The molecule has 2 aliphatic rings. The van der Waals surface area contributed by atoms with Gasteiger partial charge in [0.1, 0.15) is 0 Å². The molecule has 0 aromatic carbocycles. The first-order valence-electron chi connectivity index (χ1n) is 5.06. The number of anilines is 1. The van der Waals surface area contributed by atoms with Gasteiger partial charge in [0.05, 0.1) is 0 Å². The fourth-order valence-electron chi connectivity index (χ4n) is 1.54. The van der Waals surface area contributed by atoms with Gasteiger partial charge in [0.25, 0.3) is 5.91 Å². The van der Waals surface area contributed by atoms with Crippen LogP contribution in [-0.4, -0.2) is 32.3 Å². The van der Waals surface area contributed by atoms with Crippen LogP contribution in [0.5, 0.6) is 0 Å². The molecule has 1 amide bonds. The lowest BCUT2D eigenvalue weighted by atomic mass is 10.3. The van der Waals surface area contributed by atoms with Crippen LogP contribution >= 0.6 is 34.9 Å². The molecule has 0 unspecified atom stereocenters. The fraction of sp³-hybridized carbons (Fsp3) is 0.222. The van der Waals surface area contributed by atoms with Gasteiger partial charge in [0.15, 0.2) is 9.84 Å². The van der Waals surface area contributed by atoms with Crippen LogP contribution in [0.3, 0.4) is 0 Å². The van der Waals surface area contributed by atoms with E-state index in [2.05, 4.69) is 15.5 Å². The molecule has 1 aromatic rings. The molecule has 0 saturated heterocycles. The van der Waals surface area contributed by atoms with Crippen LogP contribution in [0.2, 0.25) is 0 Å². The van der Waals surface area contributed by atoms with Gasteiger partial charge in [-0.25, -0.2) is 0 Å². The number of aromatic nitrogens is 2. The van der Waals surface area contributed by atoms with Crippen molar-refractivity contribution in [3.8, 4) is 0 Å². The highest BCUT2D eigenvalue weighted by atomic mass is 32.2. The van der Waals surface area contributed by atoms with Crippen LogP contribution < -0.4 is 11.1 Å². The minimum atomic E-state index is -0.0161. The van der Waals surface area contributed by atoms with Gasteiger partial charge in [-0.05, 0) is 5.41 Å². The number of hydrogen-bond donors (Lipinski definition) is 2. The third kappa shape index (κ3) is 2.33. The Morgan fingerprint density at radius 2 is 2.44 bits per heavy atom. The van der Waals surface area contributed by atoms with E-state index in [1.165, 1.54) is 23.1 Å². The number of nitrogen functional groups attached to an aromatic ring is 1. The molecule has 0 radical (unpaired) electrons. The number of nitrogens with one attached hydrogen (secondary N) is 1. The highest BCUT2D eigenvalue weighted by Crippen LogP contribution is 2.30. The van der Waals surface area contributed by atoms with Crippen molar-refractivity contribution in [1.29, 1.82) is 0 Å². The third-order valence-corrected chi connectivity index (χ3v) is 5.13. The molecule has 1 atom stereocenters. The van der Waals surface area contributed by atoms with E-state index in [1.807, 2.05) is 5.41 Å². The molecular weight excluding hydrogens is 290 g/mol. The number of nitrogens with two attached hydrogens (primary N) is 1.